The van der Waals surface area contributed by atoms with Gasteiger partial charge in [-0.1, -0.05) is 13.5 Å². The van der Waals surface area contributed by atoms with Gasteiger partial charge in [0.25, 0.3) is 0 Å². The first-order valence-electron chi connectivity index (χ1n) is 2.92. The molecular formula is C4H14OSi2. The van der Waals surface area contributed by atoms with E-state index < -0.39 is 9.04 Å². The molecule has 0 aliphatic rings. The molecule has 3 heteroatoms. The van der Waals surface area contributed by atoms with Crippen LogP contribution in [0.5, 0.6) is 0 Å². The van der Waals surface area contributed by atoms with E-state index in [0.717, 1.165) is 0 Å². The third-order valence-electron chi connectivity index (χ3n) is 1.03. The molecule has 1 nitrogen and oxygen atoms in total. The first-order chi connectivity index (χ1) is 3.31. The molecule has 0 aliphatic heterocycles. The molecule has 0 saturated carbocycles. The lowest BCUT2D eigenvalue weighted by atomic mass is 11.0. The number of rotatable bonds is 3. The largest absolute Gasteiger partial charge is 0.463 e. The van der Waals surface area contributed by atoms with Crippen LogP contribution in [-0.2, 0) is 4.12 Å². The summed E-state index contributed by atoms with van der Waals surface area (Å²) in [6, 6.07) is 1.29. The van der Waals surface area contributed by atoms with Crippen LogP contribution in [0.4, 0.5) is 0 Å². The van der Waals surface area contributed by atoms with Crippen LogP contribution in [0.1, 0.15) is 6.92 Å². The predicted molar refractivity (Wildman–Crippen MR) is 39.0 cm³/mol. The van der Waals surface area contributed by atoms with Crippen molar-refractivity contribution in [3.63, 3.8) is 0 Å². The van der Waals surface area contributed by atoms with Gasteiger partial charge in [-0.15, -0.1) is 0 Å². The molecule has 7 heavy (non-hydrogen) atoms. The van der Waals surface area contributed by atoms with Crippen molar-refractivity contribution in [3.8, 4) is 0 Å². The van der Waals surface area contributed by atoms with Crippen LogP contribution in [0, 0.1) is 0 Å². The van der Waals surface area contributed by atoms with E-state index in [2.05, 4.69) is 20.0 Å². The molecule has 0 heterocycles. The van der Waals surface area contributed by atoms with E-state index in [9.17, 15) is 0 Å². The molecule has 0 radical (unpaired) electrons. The van der Waals surface area contributed by atoms with Crippen LogP contribution in [0.2, 0.25) is 19.1 Å². The minimum absolute atomic E-state index is 0.0827. The average Bonchev–Trinajstić information content (AvgIpc) is 1.68. The van der Waals surface area contributed by atoms with E-state index in [1.807, 2.05) is 0 Å². The molecule has 0 fully saturated rings. The number of hydrogen-bond acceptors (Lipinski definition) is 1. The van der Waals surface area contributed by atoms with Gasteiger partial charge in [-0.3, -0.25) is 0 Å². The molecule has 0 N–H and O–H groups in total. The Morgan fingerprint density at radius 1 is 1.71 bits per heavy atom. The van der Waals surface area contributed by atoms with Crippen molar-refractivity contribution >= 4 is 18.8 Å². The van der Waals surface area contributed by atoms with Gasteiger partial charge >= 0.3 is 0 Å². The molecule has 0 rings (SSSR count). The lowest BCUT2D eigenvalue weighted by Gasteiger charge is -2.04. The molecule has 44 valence electrons. The molecule has 0 amide bonds. The first kappa shape index (κ1) is 7.39. The van der Waals surface area contributed by atoms with Gasteiger partial charge in [0.05, 0.1) is 0 Å². The molecule has 0 saturated heterocycles. The standard InChI is InChI=1S/C4H14OSi2/c1-4-7(3)5-6-2/h7H,4,6H2,1-3H3. The van der Waals surface area contributed by atoms with Crippen molar-refractivity contribution in [1.29, 1.82) is 0 Å². The highest BCUT2D eigenvalue weighted by Gasteiger charge is 1.95. The maximum absolute atomic E-state index is 5.47. The van der Waals surface area contributed by atoms with E-state index in [0.29, 0.717) is 0 Å². The smallest absolute Gasteiger partial charge is 0.159 e. The van der Waals surface area contributed by atoms with Crippen LogP contribution < -0.4 is 0 Å². The Hall–Kier alpha value is 0.394. The second kappa shape index (κ2) is 4.55. The molecular weight excluding hydrogens is 120 g/mol. The fraction of sp³-hybridized carbons (Fsp3) is 1.00. The summed E-state index contributed by atoms with van der Waals surface area (Å²) in [6.45, 7) is 6.66. The Balaban J connectivity index is 2.83. The lowest BCUT2D eigenvalue weighted by molar-refractivity contribution is 0.621. The van der Waals surface area contributed by atoms with Crippen molar-refractivity contribution in [2.75, 3.05) is 0 Å². The summed E-state index contributed by atoms with van der Waals surface area (Å²) in [6.07, 6.45) is 0. The highest BCUT2D eigenvalue weighted by atomic mass is 28.3. The topological polar surface area (TPSA) is 9.23 Å². The van der Waals surface area contributed by atoms with Crippen LogP contribution in [0.3, 0.4) is 0 Å². The molecule has 0 spiro atoms. The predicted octanol–water partition coefficient (Wildman–Crippen LogP) is 0.508. The Morgan fingerprint density at radius 3 is 2.43 bits per heavy atom. The highest BCUT2D eigenvalue weighted by molar-refractivity contribution is 6.56. The van der Waals surface area contributed by atoms with Crippen molar-refractivity contribution in [2.45, 2.75) is 26.1 Å². The molecule has 1 atom stereocenters. The monoisotopic (exact) mass is 134 g/mol. The first-order valence-corrected chi connectivity index (χ1v) is 7.36. The van der Waals surface area contributed by atoms with E-state index in [-0.39, 0.29) is 9.76 Å². The summed E-state index contributed by atoms with van der Waals surface area (Å²) in [5.74, 6) is 0. The van der Waals surface area contributed by atoms with Gasteiger partial charge in [0.15, 0.2) is 9.04 Å². The van der Waals surface area contributed by atoms with E-state index in [4.69, 9.17) is 4.12 Å². The van der Waals surface area contributed by atoms with Crippen LogP contribution in [-0.4, -0.2) is 18.8 Å². The Labute approximate surface area is 49.7 Å². The van der Waals surface area contributed by atoms with E-state index >= 15 is 0 Å². The zero-order chi connectivity index (χ0) is 5.70. The fourth-order valence-electron chi connectivity index (χ4n) is 0.402. The van der Waals surface area contributed by atoms with Crippen LogP contribution in [0.15, 0.2) is 0 Å². The van der Waals surface area contributed by atoms with Crippen molar-refractivity contribution in [3.05, 3.63) is 0 Å². The fourth-order valence-corrected chi connectivity index (χ4v) is 3.62. The van der Waals surface area contributed by atoms with Gasteiger partial charge in [0.1, 0.15) is 9.76 Å². The maximum atomic E-state index is 5.47. The zero-order valence-corrected chi connectivity index (χ0v) is 7.97. The van der Waals surface area contributed by atoms with Gasteiger partial charge < -0.3 is 4.12 Å². The van der Waals surface area contributed by atoms with E-state index in [1.54, 1.807) is 0 Å². The summed E-state index contributed by atoms with van der Waals surface area (Å²) >= 11 is 0. The summed E-state index contributed by atoms with van der Waals surface area (Å²) in [4.78, 5) is 0. The Bertz CT molecular complexity index is 40.7. The van der Waals surface area contributed by atoms with Gasteiger partial charge in [-0.05, 0) is 12.6 Å². The van der Waals surface area contributed by atoms with Crippen molar-refractivity contribution in [1.82, 2.24) is 0 Å². The van der Waals surface area contributed by atoms with Crippen LogP contribution >= 0.6 is 0 Å². The zero-order valence-electron chi connectivity index (χ0n) is 5.40. The van der Waals surface area contributed by atoms with Crippen molar-refractivity contribution in [2.24, 2.45) is 0 Å². The van der Waals surface area contributed by atoms with Gasteiger partial charge in [0.2, 0.25) is 0 Å². The maximum Gasteiger partial charge on any atom is 0.159 e. The minimum atomic E-state index is -0.620. The summed E-state index contributed by atoms with van der Waals surface area (Å²) in [5.41, 5.74) is 0. The second-order valence-corrected chi connectivity index (χ2v) is 6.02. The second-order valence-electron chi connectivity index (χ2n) is 1.67. The highest BCUT2D eigenvalue weighted by Crippen LogP contribution is 1.88. The van der Waals surface area contributed by atoms with Gasteiger partial charge in [-0.2, -0.15) is 0 Å². The molecule has 0 aromatic carbocycles. The molecule has 0 aromatic heterocycles. The van der Waals surface area contributed by atoms with Crippen LogP contribution in [0.25, 0.3) is 0 Å². The molecule has 0 aliphatic carbocycles. The van der Waals surface area contributed by atoms with Crippen molar-refractivity contribution < 1.29 is 4.12 Å². The third-order valence-corrected chi connectivity index (χ3v) is 5.79. The SMILES string of the molecule is CC[SiH](C)O[SiH2]C. The minimum Gasteiger partial charge on any atom is -0.463 e. The quantitative estimate of drug-likeness (QED) is 0.511. The summed E-state index contributed by atoms with van der Waals surface area (Å²) < 4.78 is 5.47. The number of hydrogen-bond donors (Lipinski definition) is 0. The lowest BCUT2D eigenvalue weighted by Crippen LogP contribution is -2.12. The Kier molecular flexibility index (Phi) is 4.81. The van der Waals surface area contributed by atoms with E-state index in [1.165, 1.54) is 6.04 Å². The Morgan fingerprint density at radius 2 is 2.29 bits per heavy atom. The average molecular weight is 134 g/mol. The molecule has 0 aromatic rings. The summed E-state index contributed by atoms with van der Waals surface area (Å²) in [7, 11) is -0.702. The normalized spacial score (nSPS) is 15.9. The third kappa shape index (κ3) is 4.24. The summed E-state index contributed by atoms with van der Waals surface area (Å²) in [5, 5.41) is 0. The van der Waals surface area contributed by atoms with Gasteiger partial charge in [-0.25, -0.2) is 0 Å². The molecule has 1 unspecified atom stereocenters. The van der Waals surface area contributed by atoms with Gasteiger partial charge in [0, 0.05) is 0 Å². The molecule has 0 bridgehead atoms.